The van der Waals surface area contributed by atoms with Crippen LogP contribution in [-0.2, 0) is 16.0 Å². The average molecular weight is 1260 g/mol. The molecule has 9 aromatic rings. The lowest BCUT2D eigenvalue weighted by atomic mass is 9.94. The number of primary amides is 2. The van der Waals surface area contributed by atoms with Gasteiger partial charge in [-0.25, -0.2) is 34.9 Å². The third-order valence-electron chi connectivity index (χ3n) is 13.5. The predicted octanol–water partition coefficient (Wildman–Crippen LogP) is 5.21. The highest BCUT2D eigenvalue weighted by Crippen LogP contribution is 2.40. The normalized spacial score (nSPS) is 17.8. The van der Waals surface area contributed by atoms with Crippen molar-refractivity contribution in [1.82, 2.24) is 61.5 Å². The first-order valence-corrected chi connectivity index (χ1v) is 31.3. The van der Waals surface area contributed by atoms with Crippen LogP contribution in [0.4, 0.5) is 0 Å². The van der Waals surface area contributed by atoms with Crippen molar-refractivity contribution in [3.63, 3.8) is 0 Å². The topological polar surface area (TPSA) is 392 Å². The van der Waals surface area contributed by atoms with Crippen LogP contribution in [0.2, 0.25) is 0 Å². The molecule has 24 nitrogen and oxygen atoms in total. The summed E-state index contributed by atoms with van der Waals surface area (Å²) in [6, 6.07) is 13.4. The first kappa shape index (κ1) is 60.0. The van der Waals surface area contributed by atoms with E-state index >= 15 is 0 Å². The molecule has 6 amide bonds. The molecule has 7 aromatic heterocycles. The van der Waals surface area contributed by atoms with Crippen LogP contribution in [0.3, 0.4) is 0 Å². The van der Waals surface area contributed by atoms with E-state index in [2.05, 4.69) is 41.5 Å². The predicted molar refractivity (Wildman–Crippen MR) is 323 cm³/mol. The average Bonchev–Trinajstić information content (AvgIpc) is 3.73. The van der Waals surface area contributed by atoms with E-state index in [-0.39, 0.29) is 51.5 Å². The molecule has 0 saturated carbocycles. The molecule has 85 heavy (non-hydrogen) atoms. The first-order valence-electron chi connectivity index (χ1n) is 26.1. The number of carbonyl (C=O) groups excluding carboxylic acids is 6. The van der Waals surface area contributed by atoms with Gasteiger partial charge in [0.1, 0.15) is 93.8 Å². The number of thiazole rings is 6. The number of hydrogen-bond acceptors (Lipinski definition) is 24. The number of nitrogens with zero attached hydrogens (tertiary/aromatic N) is 7. The minimum Gasteiger partial charge on any atom is -0.508 e. The molecule has 0 spiro atoms. The molecule has 0 aliphatic carbocycles. The van der Waals surface area contributed by atoms with Gasteiger partial charge in [-0.05, 0) is 42.3 Å². The molecule has 7 atom stereocenters. The lowest BCUT2D eigenvalue weighted by molar-refractivity contribution is -0.124. The Morgan fingerprint density at radius 1 is 0.635 bits per heavy atom. The van der Waals surface area contributed by atoms with Crippen molar-refractivity contribution < 1.29 is 44.1 Å². The van der Waals surface area contributed by atoms with E-state index in [0.29, 0.717) is 77.5 Å². The van der Waals surface area contributed by atoms with Gasteiger partial charge in [0.05, 0.1) is 30.3 Å². The number of nitrogens with one attached hydrogen (secondary N) is 5. The first-order chi connectivity index (χ1) is 40.9. The lowest BCUT2D eigenvalue weighted by Crippen LogP contribution is -2.51. The third kappa shape index (κ3) is 13.8. The van der Waals surface area contributed by atoms with Crippen LogP contribution < -0.4 is 43.8 Å². The van der Waals surface area contributed by atoms with Crippen molar-refractivity contribution in [3.8, 4) is 49.1 Å². The van der Waals surface area contributed by atoms with Gasteiger partial charge in [-0.1, -0.05) is 49.4 Å². The summed E-state index contributed by atoms with van der Waals surface area (Å²) < 4.78 is 0. The number of carbonyl (C=O) groups is 6. The van der Waals surface area contributed by atoms with Gasteiger partial charge in [-0.2, -0.15) is 0 Å². The molecule has 14 N–H and O–H groups in total. The van der Waals surface area contributed by atoms with Gasteiger partial charge in [0.2, 0.25) is 11.8 Å². The zero-order valence-electron chi connectivity index (χ0n) is 44.9. The number of nitrogens with two attached hydrogens (primary N) is 3. The number of pyridine rings is 1. The minimum absolute atomic E-state index is 0.0175. The van der Waals surface area contributed by atoms with Gasteiger partial charge in [0, 0.05) is 69.3 Å². The maximum atomic E-state index is 15.0. The number of aryl methyl sites for hydroxylation is 1. The highest BCUT2D eigenvalue weighted by Gasteiger charge is 2.36. The fraction of sp³-hybridized carbons (Fsp3) is 0.255. The van der Waals surface area contributed by atoms with Crippen molar-refractivity contribution in [2.45, 2.75) is 63.1 Å². The SMILES string of the molecule is Cc1sc2nc1C(=O)N[C@@H]([C@H](O)c1ccccc1)c1nc(cs1)C(=O)N[C@@H](Cc1ccc(O)cc1)C(=O)N[C@@H]([C@@H](C)[C@@H](O)CNCCN)c1nc(cs1)-c1nc(cs1)-c1nc(-c3nc(C(N)=O)cs3)ccc1-c1nc(cs1)C(=O)N[C@H]2CC(N)=O. The Hall–Kier alpha value is -8.17. The summed E-state index contributed by atoms with van der Waals surface area (Å²) in [6.07, 6.45) is -2.94. The van der Waals surface area contributed by atoms with Crippen molar-refractivity contribution in [2.75, 3.05) is 19.6 Å². The molecular weight excluding hydrogens is 1210 g/mol. The smallest absolute Gasteiger partial charge is 0.271 e. The summed E-state index contributed by atoms with van der Waals surface area (Å²) in [4.78, 5) is 117. The summed E-state index contributed by atoms with van der Waals surface area (Å²) in [5.74, 6) is -5.09. The largest absolute Gasteiger partial charge is 0.508 e. The maximum absolute atomic E-state index is 15.0. The highest BCUT2D eigenvalue weighted by molar-refractivity contribution is 7.15. The van der Waals surface area contributed by atoms with E-state index in [0.717, 1.165) is 45.3 Å². The molecule has 8 heterocycles. The number of aromatic hydroxyl groups is 1. The second kappa shape index (κ2) is 26.4. The number of phenolic OH excluding ortho intramolecular Hbond substituents is 1. The van der Waals surface area contributed by atoms with Crippen LogP contribution in [0, 0.1) is 12.8 Å². The molecular formula is C55H53N15O9S6. The van der Waals surface area contributed by atoms with E-state index in [9.17, 15) is 44.1 Å². The molecule has 30 heteroatoms. The van der Waals surface area contributed by atoms with Crippen LogP contribution >= 0.6 is 68.0 Å². The quantitative estimate of drug-likeness (QED) is 0.0622. The van der Waals surface area contributed by atoms with E-state index < -0.39 is 84.2 Å². The second-order valence-electron chi connectivity index (χ2n) is 19.5. The molecule has 0 radical (unpaired) electrons. The number of phenols is 1. The fourth-order valence-electron chi connectivity index (χ4n) is 9.00. The zero-order valence-corrected chi connectivity index (χ0v) is 49.8. The molecule has 0 saturated heterocycles. The van der Waals surface area contributed by atoms with E-state index in [4.69, 9.17) is 37.1 Å². The summed E-state index contributed by atoms with van der Waals surface area (Å²) in [5, 5.41) is 58.4. The minimum atomic E-state index is -1.42. The zero-order chi connectivity index (χ0) is 60.1. The Balaban J connectivity index is 1.09. The highest BCUT2D eigenvalue weighted by atomic mass is 32.1. The number of amides is 6. The third-order valence-corrected chi connectivity index (χ3v) is 19.0. The number of aromatic nitrogens is 7. The van der Waals surface area contributed by atoms with Gasteiger partial charge in [-0.15, -0.1) is 68.0 Å². The summed E-state index contributed by atoms with van der Waals surface area (Å²) in [5.41, 5.74) is 19.8. The summed E-state index contributed by atoms with van der Waals surface area (Å²) >= 11 is 6.76. The summed E-state index contributed by atoms with van der Waals surface area (Å²) in [7, 11) is 0. The summed E-state index contributed by atoms with van der Waals surface area (Å²) in [6.45, 7) is 4.22. The van der Waals surface area contributed by atoms with Crippen molar-refractivity contribution >= 4 is 103 Å². The molecule has 1 aliphatic heterocycles. The fourth-order valence-corrected chi connectivity index (χ4v) is 14.3. The van der Waals surface area contributed by atoms with Crippen LogP contribution in [-0.4, -0.2) is 117 Å². The van der Waals surface area contributed by atoms with Gasteiger partial charge in [-0.3, -0.25) is 28.8 Å². The molecule has 438 valence electrons. The Morgan fingerprint density at radius 2 is 1.27 bits per heavy atom. The number of aliphatic hydroxyl groups is 2. The van der Waals surface area contributed by atoms with Crippen LogP contribution in [0.15, 0.2) is 93.6 Å². The molecule has 0 fully saturated rings. The number of rotatable bonds is 14. The van der Waals surface area contributed by atoms with Gasteiger partial charge >= 0.3 is 0 Å². The molecule has 1 aliphatic rings. The van der Waals surface area contributed by atoms with Crippen molar-refractivity contribution in [1.29, 1.82) is 0 Å². The lowest BCUT2D eigenvalue weighted by Gasteiger charge is -2.29. The molecule has 10 bridgehead atoms. The Kier molecular flexibility index (Phi) is 18.6. The maximum Gasteiger partial charge on any atom is 0.271 e. The van der Waals surface area contributed by atoms with E-state index in [1.807, 2.05) is 0 Å². The van der Waals surface area contributed by atoms with E-state index in [1.54, 1.807) is 79.2 Å². The molecule has 2 aromatic carbocycles. The number of benzene rings is 2. The van der Waals surface area contributed by atoms with E-state index in [1.165, 1.54) is 50.9 Å². The van der Waals surface area contributed by atoms with Gasteiger partial charge in [0.15, 0.2) is 0 Å². The molecule has 10 rings (SSSR count). The van der Waals surface area contributed by atoms with Gasteiger partial charge < -0.3 is 59.1 Å². The Morgan fingerprint density at radius 3 is 1.99 bits per heavy atom. The van der Waals surface area contributed by atoms with Crippen LogP contribution in [0.1, 0.15) is 111 Å². The number of hydrogen-bond donors (Lipinski definition) is 11. The molecule has 0 unspecified atom stereocenters. The standard InChI is InChI=1S/C55H53N15O9S6/c1-24(38(72)18-59-15-14-56)40-54-67-37(23-84-54)52-63-33(19-81-52)42-29(12-13-30(60-42)51-64-34(20-82-51)45(58)75)50-65-35(21-80-50)48(78)62-32(17-39(57)73)53-70-41(25(2)85-53)49(79)69-43(44(74)27-6-4-3-5-7-27)55-66-36(22-83-55)47(77)61-31(46(76)68-40)16-26-8-10-28(71)11-9-26/h3-13,19-24,31-32,38,40,43-44,59,71-72,74H,14-18,56H2,1-2H3,(H2,57,73)(H2,58,75)(H,61,77)(H,62,78)(H,68,76)(H,69,79)/t24-,31-,32-,38-,40-,43-,44+/m0/s1. The Bertz CT molecular complexity index is 3920. The van der Waals surface area contributed by atoms with Crippen molar-refractivity contribution in [3.05, 3.63) is 147 Å². The second-order valence-corrected chi connectivity index (χ2v) is 25.1. The Labute approximate surface area is 508 Å². The number of fused-ring (bicyclic) bond motifs is 14. The van der Waals surface area contributed by atoms with Crippen LogP contribution in [0.25, 0.3) is 43.4 Å². The monoisotopic (exact) mass is 1260 g/mol. The van der Waals surface area contributed by atoms with Crippen LogP contribution in [0.5, 0.6) is 5.75 Å². The van der Waals surface area contributed by atoms with Gasteiger partial charge in [0.25, 0.3) is 23.6 Å². The number of aliphatic hydroxyl groups excluding tert-OH is 2. The van der Waals surface area contributed by atoms with Crippen molar-refractivity contribution in [2.24, 2.45) is 23.1 Å².